The molecular weight excluding hydrogens is 312 g/mol. The Kier molecular flexibility index (Phi) is 6.69. The lowest BCUT2D eigenvalue weighted by molar-refractivity contribution is -0.121. The van der Waals surface area contributed by atoms with Gasteiger partial charge < -0.3 is 11.1 Å². The molecule has 1 aromatic carbocycles. The standard InChI is InChI=1S/C20H26N4O/c1-4-5-11-18(25)22-12-7-10-17-19(15(3)23-20(21)24-17)16-9-6-8-14(2)13-16/h4,6,8-9,13H,1,5,7,10-12H2,2-3H3,(H,22,25)(H2,21,23,24). The normalized spacial score (nSPS) is 10.5. The van der Waals surface area contributed by atoms with Gasteiger partial charge in [0.15, 0.2) is 0 Å². The van der Waals surface area contributed by atoms with Gasteiger partial charge in [0.2, 0.25) is 11.9 Å². The zero-order valence-electron chi connectivity index (χ0n) is 15.0. The fourth-order valence-electron chi connectivity index (χ4n) is 2.82. The van der Waals surface area contributed by atoms with Crippen molar-refractivity contribution in [2.75, 3.05) is 12.3 Å². The quantitative estimate of drug-likeness (QED) is 0.571. The van der Waals surface area contributed by atoms with Crippen LogP contribution in [0.15, 0.2) is 36.9 Å². The van der Waals surface area contributed by atoms with Gasteiger partial charge in [-0.05, 0) is 38.7 Å². The molecule has 1 amide bonds. The highest BCUT2D eigenvalue weighted by Gasteiger charge is 2.13. The van der Waals surface area contributed by atoms with Crippen LogP contribution in [0.3, 0.4) is 0 Å². The monoisotopic (exact) mass is 338 g/mol. The van der Waals surface area contributed by atoms with Crippen LogP contribution in [0, 0.1) is 13.8 Å². The van der Waals surface area contributed by atoms with Crippen LogP contribution >= 0.6 is 0 Å². The number of aryl methyl sites for hydroxylation is 3. The second-order valence-electron chi connectivity index (χ2n) is 6.14. The van der Waals surface area contributed by atoms with E-state index in [2.05, 4.69) is 47.0 Å². The van der Waals surface area contributed by atoms with Crippen LogP contribution in [-0.2, 0) is 11.2 Å². The van der Waals surface area contributed by atoms with Crippen LogP contribution in [0.2, 0.25) is 0 Å². The highest BCUT2D eigenvalue weighted by molar-refractivity contribution is 5.76. The lowest BCUT2D eigenvalue weighted by Gasteiger charge is -2.13. The third kappa shape index (κ3) is 5.41. The third-order valence-electron chi connectivity index (χ3n) is 3.98. The first kappa shape index (κ1) is 18.6. The molecule has 0 saturated carbocycles. The van der Waals surface area contributed by atoms with Crippen LogP contribution in [0.5, 0.6) is 0 Å². The number of carbonyl (C=O) groups excluding carboxylic acids is 1. The number of nitrogens with two attached hydrogens (primary N) is 1. The summed E-state index contributed by atoms with van der Waals surface area (Å²) < 4.78 is 0. The molecule has 1 aromatic heterocycles. The molecule has 25 heavy (non-hydrogen) atoms. The fraction of sp³-hybridized carbons (Fsp3) is 0.350. The lowest BCUT2D eigenvalue weighted by atomic mass is 9.98. The number of aromatic nitrogens is 2. The lowest BCUT2D eigenvalue weighted by Crippen LogP contribution is -2.24. The number of hydrogen-bond acceptors (Lipinski definition) is 4. The van der Waals surface area contributed by atoms with Crippen molar-refractivity contribution < 1.29 is 4.79 Å². The van der Waals surface area contributed by atoms with Crippen molar-refractivity contribution in [2.45, 2.75) is 39.5 Å². The van der Waals surface area contributed by atoms with Crippen molar-refractivity contribution >= 4 is 11.9 Å². The number of carbonyl (C=O) groups is 1. The second kappa shape index (κ2) is 8.97. The molecular formula is C20H26N4O. The minimum atomic E-state index is 0.0530. The molecule has 0 radical (unpaired) electrons. The predicted molar refractivity (Wildman–Crippen MR) is 102 cm³/mol. The van der Waals surface area contributed by atoms with Gasteiger partial charge in [0.1, 0.15) is 0 Å². The van der Waals surface area contributed by atoms with E-state index in [1.807, 2.05) is 13.0 Å². The molecule has 5 nitrogen and oxygen atoms in total. The zero-order valence-corrected chi connectivity index (χ0v) is 15.0. The van der Waals surface area contributed by atoms with Gasteiger partial charge in [0.25, 0.3) is 0 Å². The first-order chi connectivity index (χ1) is 12.0. The Bertz CT molecular complexity index is 755. The molecule has 2 aromatic rings. The van der Waals surface area contributed by atoms with Crippen LogP contribution in [0.1, 0.15) is 36.2 Å². The molecule has 0 aliphatic rings. The van der Waals surface area contributed by atoms with E-state index in [9.17, 15) is 4.79 Å². The molecule has 0 aliphatic carbocycles. The zero-order chi connectivity index (χ0) is 18.2. The molecule has 0 saturated heterocycles. The number of anilines is 1. The first-order valence-corrected chi connectivity index (χ1v) is 8.59. The van der Waals surface area contributed by atoms with Crippen molar-refractivity contribution in [3.63, 3.8) is 0 Å². The van der Waals surface area contributed by atoms with Crippen molar-refractivity contribution in [1.29, 1.82) is 0 Å². The maximum Gasteiger partial charge on any atom is 0.220 e. The van der Waals surface area contributed by atoms with E-state index in [1.54, 1.807) is 6.08 Å². The molecule has 2 rings (SSSR count). The number of rotatable bonds is 8. The number of nitrogens with one attached hydrogen (secondary N) is 1. The Labute approximate surface area is 149 Å². The largest absolute Gasteiger partial charge is 0.368 e. The Morgan fingerprint density at radius 3 is 2.84 bits per heavy atom. The molecule has 5 heteroatoms. The molecule has 0 bridgehead atoms. The summed E-state index contributed by atoms with van der Waals surface area (Å²) in [6.45, 7) is 8.26. The van der Waals surface area contributed by atoms with Gasteiger partial charge in [-0.2, -0.15) is 0 Å². The maximum atomic E-state index is 11.6. The number of allylic oxidation sites excluding steroid dienone is 1. The van der Waals surface area contributed by atoms with E-state index in [0.717, 1.165) is 35.4 Å². The van der Waals surface area contributed by atoms with Gasteiger partial charge in [0, 0.05) is 18.5 Å². The highest BCUT2D eigenvalue weighted by Crippen LogP contribution is 2.27. The van der Waals surface area contributed by atoms with Gasteiger partial charge in [-0.15, -0.1) is 6.58 Å². The van der Waals surface area contributed by atoms with E-state index >= 15 is 0 Å². The van der Waals surface area contributed by atoms with Crippen molar-refractivity contribution in [2.24, 2.45) is 0 Å². The molecule has 0 aliphatic heterocycles. The van der Waals surface area contributed by atoms with Crippen LogP contribution in [0.25, 0.3) is 11.1 Å². The summed E-state index contributed by atoms with van der Waals surface area (Å²) >= 11 is 0. The van der Waals surface area contributed by atoms with E-state index < -0.39 is 0 Å². The van der Waals surface area contributed by atoms with Gasteiger partial charge in [-0.1, -0.05) is 35.9 Å². The van der Waals surface area contributed by atoms with E-state index in [4.69, 9.17) is 5.73 Å². The fourth-order valence-corrected chi connectivity index (χ4v) is 2.82. The Morgan fingerprint density at radius 1 is 1.32 bits per heavy atom. The van der Waals surface area contributed by atoms with Crippen molar-refractivity contribution in [3.8, 4) is 11.1 Å². The van der Waals surface area contributed by atoms with Crippen molar-refractivity contribution in [1.82, 2.24) is 15.3 Å². The van der Waals surface area contributed by atoms with E-state index in [-0.39, 0.29) is 5.91 Å². The molecule has 0 unspecified atom stereocenters. The first-order valence-electron chi connectivity index (χ1n) is 8.59. The average molecular weight is 338 g/mol. The second-order valence-corrected chi connectivity index (χ2v) is 6.14. The van der Waals surface area contributed by atoms with E-state index in [1.165, 1.54) is 5.56 Å². The topological polar surface area (TPSA) is 80.9 Å². The van der Waals surface area contributed by atoms with Gasteiger partial charge in [-0.3, -0.25) is 4.79 Å². The predicted octanol–water partition coefficient (Wildman–Crippen LogP) is 3.36. The number of benzene rings is 1. The highest BCUT2D eigenvalue weighted by atomic mass is 16.1. The Morgan fingerprint density at radius 2 is 2.12 bits per heavy atom. The van der Waals surface area contributed by atoms with Crippen LogP contribution in [0.4, 0.5) is 5.95 Å². The van der Waals surface area contributed by atoms with Gasteiger partial charge in [-0.25, -0.2) is 9.97 Å². The SMILES string of the molecule is C=CCCC(=O)NCCCc1nc(N)nc(C)c1-c1cccc(C)c1. The van der Waals surface area contributed by atoms with Gasteiger partial charge >= 0.3 is 0 Å². The summed E-state index contributed by atoms with van der Waals surface area (Å²) in [5, 5.41) is 2.92. The van der Waals surface area contributed by atoms with Crippen LogP contribution < -0.4 is 11.1 Å². The molecule has 0 fully saturated rings. The summed E-state index contributed by atoms with van der Waals surface area (Å²) in [7, 11) is 0. The minimum absolute atomic E-state index is 0.0530. The maximum absolute atomic E-state index is 11.6. The summed E-state index contributed by atoms with van der Waals surface area (Å²) in [5.74, 6) is 0.344. The molecule has 0 atom stereocenters. The average Bonchev–Trinajstić information content (AvgIpc) is 2.56. The van der Waals surface area contributed by atoms with Crippen LogP contribution in [-0.4, -0.2) is 22.4 Å². The number of nitrogen functional groups attached to an aromatic ring is 1. The molecule has 3 N–H and O–H groups in total. The molecule has 0 spiro atoms. The smallest absolute Gasteiger partial charge is 0.220 e. The number of hydrogen-bond donors (Lipinski definition) is 2. The molecule has 1 heterocycles. The van der Waals surface area contributed by atoms with E-state index in [0.29, 0.717) is 25.3 Å². The number of nitrogens with zero attached hydrogens (tertiary/aromatic N) is 2. The van der Waals surface area contributed by atoms with Crippen molar-refractivity contribution in [3.05, 3.63) is 53.9 Å². The summed E-state index contributed by atoms with van der Waals surface area (Å²) in [5.41, 5.74) is 11.0. The Hall–Kier alpha value is -2.69. The third-order valence-corrected chi connectivity index (χ3v) is 3.98. The van der Waals surface area contributed by atoms with Gasteiger partial charge in [0.05, 0.1) is 11.4 Å². The minimum Gasteiger partial charge on any atom is -0.368 e. The Balaban J connectivity index is 2.09. The summed E-state index contributed by atoms with van der Waals surface area (Å²) in [6, 6.07) is 8.29. The number of amides is 1. The summed E-state index contributed by atoms with van der Waals surface area (Å²) in [6.07, 6.45) is 4.47. The molecule has 132 valence electrons. The summed E-state index contributed by atoms with van der Waals surface area (Å²) in [4.78, 5) is 20.4.